The fourth-order valence-electron chi connectivity index (χ4n) is 3.47. The number of hydrogen-bond donors (Lipinski definition) is 2. The number of nitrogens with one attached hydrogen (secondary N) is 2. The summed E-state index contributed by atoms with van der Waals surface area (Å²) in [4.78, 5) is 38.7. The lowest BCUT2D eigenvalue weighted by Gasteiger charge is -2.36. The molecule has 37 heavy (non-hydrogen) atoms. The zero-order valence-corrected chi connectivity index (χ0v) is 22.2. The Morgan fingerprint density at radius 1 is 1.08 bits per heavy atom. The topological polar surface area (TPSA) is 106 Å². The molecule has 12 heteroatoms. The summed E-state index contributed by atoms with van der Waals surface area (Å²) in [6.45, 7) is 1.15. The standard InChI is InChI=1S/C25H27Cl2N3O6S/c26-17-8-9-21(19(27)15-17)35-12-4-7-22(31)29-25(37)30-11-10-28-24(33)20(30)16-23(32)36-14-13-34-18-5-2-1-3-6-18/h1-3,5-6,8-9,15,20H,4,7,10-14,16H2,(H,28,33)(H,29,31,37). The Morgan fingerprint density at radius 2 is 1.86 bits per heavy atom. The van der Waals surface area contributed by atoms with Crippen molar-refractivity contribution in [3.05, 3.63) is 58.6 Å². The van der Waals surface area contributed by atoms with Gasteiger partial charge >= 0.3 is 5.97 Å². The molecule has 0 bridgehead atoms. The Morgan fingerprint density at radius 3 is 2.62 bits per heavy atom. The van der Waals surface area contributed by atoms with E-state index in [0.717, 1.165) is 0 Å². The normalized spacial score (nSPS) is 14.9. The molecule has 1 fully saturated rings. The van der Waals surface area contributed by atoms with Gasteiger partial charge < -0.3 is 29.7 Å². The van der Waals surface area contributed by atoms with Crippen LogP contribution in [0.15, 0.2) is 48.5 Å². The van der Waals surface area contributed by atoms with E-state index >= 15 is 0 Å². The first-order valence-electron chi connectivity index (χ1n) is 11.6. The number of thiocarbonyl (C=S) groups is 1. The average molecular weight is 568 g/mol. The minimum Gasteiger partial charge on any atom is -0.492 e. The van der Waals surface area contributed by atoms with E-state index in [0.29, 0.717) is 41.1 Å². The number of carbonyl (C=O) groups excluding carboxylic acids is 3. The minimum atomic E-state index is -0.889. The van der Waals surface area contributed by atoms with Crippen molar-refractivity contribution in [3.63, 3.8) is 0 Å². The first-order valence-corrected chi connectivity index (χ1v) is 12.8. The molecule has 1 unspecified atom stereocenters. The highest BCUT2D eigenvalue weighted by molar-refractivity contribution is 7.80. The molecule has 0 saturated carbocycles. The second-order valence-electron chi connectivity index (χ2n) is 7.97. The number of benzene rings is 2. The lowest BCUT2D eigenvalue weighted by Crippen LogP contribution is -2.60. The Hall–Kier alpha value is -3.08. The van der Waals surface area contributed by atoms with E-state index in [1.807, 2.05) is 18.2 Å². The Bertz CT molecular complexity index is 1110. The summed E-state index contributed by atoms with van der Waals surface area (Å²) in [6, 6.07) is 13.1. The number of halogens is 2. The van der Waals surface area contributed by atoms with Crippen LogP contribution in [0.5, 0.6) is 11.5 Å². The van der Waals surface area contributed by atoms with Crippen molar-refractivity contribution in [2.24, 2.45) is 0 Å². The second-order valence-corrected chi connectivity index (χ2v) is 9.20. The van der Waals surface area contributed by atoms with Crippen LogP contribution in [0.25, 0.3) is 0 Å². The highest BCUT2D eigenvalue weighted by Gasteiger charge is 2.34. The molecule has 9 nitrogen and oxygen atoms in total. The van der Waals surface area contributed by atoms with Crippen LogP contribution in [0.1, 0.15) is 19.3 Å². The predicted molar refractivity (Wildman–Crippen MR) is 143 cm³/mol. The molecule has 2 amide bonds. The molecule has 1 saturated heterocycles. The first-order chi connectivity index (χ1) is 17.8. The number of piperazine rings is 1. The number of carbonyl (C=O) groups is 3. The van der Waals surface area contributed by atoms with Crippen molar-refractivity contribution in [3.8, 4) is 11.5 Å². The maximum absolute atomic E-state index is 12.4. The summed E-state index contributed by atoms with van der Waals surface area (Å²) in [6.07, 6.45) is 0.330. The van der Waals surface area contributed by atoms with Gasteiger partial charge in [0.05, 0.1) is 18.1 Å². The van der Waals surface area contributed by atoms with E-state index in [1.165, 1.54) is 4.90 Å². The Kier molecular flexibility index (Phi) is 11.2. The van der Waals surface area contributed by atoms with E-state index < -0.39 is 12.0 Å². The zero-order chi connectivity index (χ0) is 26.6. The number of para-hydroxylation sites is 1. The van der Waals surface area contributed by atoms with E-state index in [2.05, 4.69) is 10.6 Å². The Labute approximate surface area is 230 Å². The molecule has 0 aliphatic carbocycles. The molecule has 2 aromatic carbocycles. The molecular weight excluding hydrogens is 541 g/mol. The molecular formula is C25H27Cl2N3O6S. The van der Waals surface area contributed by atoms with Crippen molar-refractivity contribution in [1.82, 2.24) is 15.5 Å². The van der Waals surface area contributed by atoms with Crippen LogP contribution in [0, 0.1) is 0 Å². The van der Waals surface area contributed by atoms with Gasteiger partial charge in [-0.25, -0.2) is 0 Å². The van der Waals surface area contributed by atoms with Crippen LogP contribution in [0.3, 0.4) is 0 Å². The Balaban J connectivity index is 1.40. The van der Waals surface area contributed by atoms with Crippen LogP contribution in [0.2, 0.25) is 10.0 Å². The van der Waals surface area contributed by atoms with E-state index in [1.54, 1.807) is 30.3 Å². The SMILES string of the molecule is O=C(CCCOc1ccc(Cl)cc1Cl)NC(=S)N1CCNC(=O)C1CC(=O)OCCOc1ccccc1. The molecule has 0 radical (unpaired) electrons. The molecule has 1 aliphatic rings. The summed E-state index contributed by atoms with van der Waals surface area (Å²) >= 11 is 17.3. The zero-order valence-electron chi connectivity index (χ0n) is 19.9. The van der Waals surface area contributed by atoms with Gasteiger partial charge in [0.1, 0.15) is 30.8 Å². The van der Waals surface area contributed by atoms with E-state index in [-0.39, 0.29) is 49.6 Å². The number of amides is 2. The van der Waals surface area contributed by atoms with E-state index in [4.69, 9.17) is 49.6 Å². The summed E-state index contributed by atoms with van der Waals surface area (Å²) in [5.41, 5.74) is 0. The van der Waals surface area contributed by atoms with Gasteiger partial charge in [-0.1, -0.05) is 41.4 Å². The highest BCUT2D eigenvalue weighted by Crippen LogP contribution is 2.27. The fraction of sp³-hybridized carbons (Fsp3) is 0.360. The number of hydrogen-bond acceptors (Lipinski definition) is 7. The number of rotatable bonds is 11. The summed E-state index contributed by atoms with van der Waals surface area (Å²) < 4.78 is 16.3. The highest BCUT2D eigenvalue weighted by atomic mass is 35.5. The third-order valence-electron chi connectivity index (χ3n) is 5.26. The van der Waals surface area contributed by atoms with Crippen molar-refractivity contribution in [1.29, 1.82) is 0 Å². The second kappa shape index (κ2) is 14.6. The van der Waals surface area contributed by atoms with Gasteiger partial charge in [-0.05, 0) is 49.0 Å². The summed E-state index contributed by atoms with van der Waals surface area (Å²) in [5.74, 6) is -0.133. The van der Waals surface area contributed by atoms with Crippen molar-refractivity contribution >= 4 is 58.3 Å². The van der Waals surface area contributed by atoms with Crippen LogP contribution in [-0.4, -0.2) is 66.7 Å². The number of nitrogens with zero attached hydrogens (tertiary/aromatic N) is 1. The first kappa shape index (κ1) is 28.5. The molecule has 0 aromatic heterocycles. The van der Waals surface area contributed by atoms with Gasteiger partial charge in [0, 0.05) is 24.5 Å². The quantitative estimate of drug-likeness (QED) is 0.242. The molecule has 3 rings (SSSR count). The summed E-state index contributed by atoms with van der Waals surface area (Å²) in [5, 5.41) is 6.30. The third kappa shape index (κ3) is 9.38. The van der Waals surface area contributed by atoms with Gasteiger partial charge in [-0.15, -0.1) is 0 Å². The predicted octanol–water partition coefficient (Wildman–Crippen LogP) is 3.37. The van der Waals surface area contributed by atoms with Crippen molar-refractivity contribution in [2.75, 3.05) is 32.9 Å². The maximum atomic E-state index is 12.4. The molecule has 1 heterocycles. The van der Waals surface area contributed by atoms with Crippen molar-refractivity contribution < 1.29 is 28.6 Å². The molecule has 198 valence electrons. The maximum Gasteiger partial charge on any atom is 0.308 e. The largest absolute Gasteiger partial charge is 0.492 e. The van der Waals surface area contributed by atoms with Gasteiger partial charge in [0.15, 0.2) is 5.11 Å². The van der Waals surface area contributed by atoms with E-state index in [9.17, 15) is 14.4 Å². The van der Waals surface area contributed by atoms with Crippen molar-refractivity contribution in [2.45, 2.75) is 25.3 Å². The molecule has 1 atom stereocenters. The average Bonchev–Trinajstić information content (AvgIpc) is 2.87. The van der Waals surface area contributed by atoms with Crippen LogP contribution >= 0.6 is 35.4 Å². The monoisotopic (exact) mass is 567 g/mol. The number of ether oxygens (including phenoxy) is 3. The lowest BCUT2D eigenvalue weighted by atomic mass is 10.1. The van der Waals surface area contributed by atoms with Crippen LogP contribution in [-0.2, 0) is 19.1 Å². The smallest absolute Gasteiger partial charge is 0.308 e. The molecule has 1 aliphatic heterocycles. The van der Waals surface area contributed by atoms with Gasteiger partial charge in [0.25, 0.3) is 0 Å². The summed E-state index contributed by atoms with van der Waals surface area (Å²) in [7, 11) is 0. The van der Waals surface area contributed by atoms with Crippen LogP contribution in [0.4, 0.5) is 0 Å². The van der Waals surface area contributed by atoms with Gasteiger partial charge in [-0.3, -0.25) is 14.4 Å². The lowest BCUT2D eigenvalue weighted by molar-refractivity contribution is -0.148. The molecule has 0 spiro atoms. The van der Waals surface area contributed by atoms with Gasteiger partial charge in [0.2, 0.25) is 11.8 Å². The molecule has 2 N–H and O–H groups in total. The number of esters is 1. The molecule has 2 aromatic rings. The van der Waals surface area contributed by atoms with Gasteiger partial charge in [-0.2, -0.15) is 0 Å². The minimum absolute atomic E-state index is 0.0343. The van der Waals surface area contributed by atoms with Crippen LogP contribution < -0.4 is 20.1 Å². The fourth-order valence-corrected chi connectivity index (χ4v) is 4.27. The third-order valence-corrected chi connectivity index (χ3v) is 6.12.